The van der Waals surface area contributed by atoms with Gasteiger partial charge in [-0.05, 0) is 25.3 Å². The predicted octanol–water partition coefficient (Wildman–Crippen LogP) is 2.91. The number of benzene rings is 1. The Morgan fingerprint density at radius 2 is 1.94 bits per heavy atom. The van der Waals surface area contributed by atoms with Crippen LogP contribution < -0.4 is 0 Å². The van der Waals surface area contributed by atoms with E-state index in [1.165, 1.54) is 0 Å². The van der Waals surface area contributed by atoms with E-state index in [9.17, 15) is 0 Å². The summed E-state index contributed by atoms with van der Waals surface area (Å²) in [4.78, 5) is 0. The van der Waals surface area contributed by atoms with Gasteiger partial charge in [0.15, 0.2) is 0 Å². The molecular formula is C14H19NO2. The van der Waals surface area contributed by atoms with Gasteiger partial charge in [0.05, 0.1) is 18.8 Å². The molecule has 0 fully saturated rings. The van der Waals surface area contributed by atoms with Crippen molar-refractivity contribution in [3.05, 3.63) is 35.9 Å². The van der Waals surface area contributed by atoms with E-state index in [-0.39, 0.29) is 12.2 Å². The molecule has 3 heteroatoms. The van der Waals surface area contributed by atoms with E-state index in [2.05, 4.69) is 6.07 Å². The minimum Gasteiger partial charge on any atom is -0.382 e. The van der Waals surface area contributed by atoms with Gasteiger partial charge in [0, 0.05) is 7.11 Å². The first-order chi connectivity index (χ1) is 8.26. The van der Waals surface area contributed by atoms with Crippen molar-refractivity contribution in [1.82, 2.24) is 0 Å². The topological polar surface area (TPSA) is 42.2 Å². The molecule has 0 amide bonds. The van der Waals surface area contributed by atoms with Gasteiger partial charge < -0.3 is 9.47 Å². The highest BCUT2D eigenvalue weighted by Crippen LogP contribution is 2.09. The van der Waals surface area contributed by atoms with Crippen LogP contribution in [0.25, 0.3) is 0 Å². The summed E-state index contributed by atoms with van der Waals surface area (Å²) in [6.07, 6.45) is 1.36. The number of methoxy groups -OCH3 is 1. The van der Waals surface area contributed by atoms with Crippen LogP contribution in [0, 0.1) is 11.3 Å². The summed E-state index contributed by atoms with van der Waals surface area (Å²) in [5.41, 5.74) is 1.09. The van der Waals surface area contributed by atoms with Crippen LogP contribution in [-0.2, 0) is 16.1 Å². The molecule has 0 aliphatic heterocycles. The van der Waals surface area contributed by atoms with E-state index in [1.807, 2.05) is 37.3 Å². The summed E-state index contributed by atoms with van der Waals surface area (Å²) in [6, 6.07) is 12.1. The molecule has 1 aromatic carbocycles. The quantitative estimate of drug-likeness (QED) is 0.727. The lowest BCUT2D eigenvalue weighted by atomic mass is 10.1. The second kappa shape index (κ2) is 7.83. The number of hydrogen-bond donors (Lipinski definition) is 0. The Kier molecular flexibility index (Phi) is 6.31. The van der Waals surface area contributed by atoms with Crippen molar-refractivity contribution in [2.45, 2.75) is 38.6 Å². The summed E-state index contributed by atoms with van der Waals surface area (Å²) < 4.78 is 10.7. The third-order valence-corrected chi connectivity index (χ3v) is 2.68. The van der Waals surface area contributed by atoms with E-state index in [0.717, 1.165) is 12.0 Å². The molecule has 0 saturated carbocycles. The summed E-state index contributed by atoms with van der Waals surface area (Å²) in [5.74, 6) is 0. The molecule has 0 unspecified atom stereocenters. The number of nitriles is 1. The maximum Gasteiger partial charge on any atom is 0.144 e. The molecule has 0 aromatic heterocycles. The van der Waals surface area contributed by atoms with Crippen molar-refractivity contribution < 1.29 is 9.47 Å². The van der Waals surface area contributed by atoms with Crippen LogP contribution in [-0.4, -0.2) is 19.3 Å². The van der Waals surface area contributed by atoms with Crippen molar-refractivity contribution in [2.75, 3.05) is 7.11 Å². The molecule has 92 valence electrons. The van der Waals surface area contributed by atoms with Gasteiger partial charge in [-0.1, -0.05) is 30.3 Å². The third kappa shape index (κ3) is 5.48. The molecule has 1 rings (SSSR count). The molecule has 0 N–H and O–H groups in total. The van der Waals surface area contributed by atoms with Gasteiger partial charge in [0.2, 0.25) is 0 Å². The normalized spacial score (nSPS) is 13.9. The largest absolute Gasteiger partial charge is 0.382 e. The summed E-state index contributed by atoms with van der Waals surface area (Å²) >= 11 is 0. The van der Waals surface area contributed by atoms with Crippen LogP contribution in [0.1, 0.15) is 25.3 Å². The Morgan fingerprint density at radius 3 is 2.53 bits per heavy atom. The number of nitrogens with zero attached hydrogens (tertiary/aromatic N) is 1. The first kappa shape index (κ1) is 13.7. The Hall–Kier alpha value is -1.37. The fraction of sp³-hybridized carbons (Fsp3) is 0.500. The average molecular weight is 233 g/mol. The number of ether oxygens (including phenoxy) is 2. The molecule has 0 heterocycles. The molecule has 0 spiro atoms. The molecule has 1 aromatic rings. The second-order valence-electron chi connectivity index (χ2n) is 4.04. The van der Waals surface area contributed by atoms with Gasteiger partial charge in [-0.25, -0.2) is 0 Å². The van der Waals surface area contributed by atoms with Gasteiger partial charge in [-0.3, -0.25) is 0 Å². The van der Waals surface area contributed by atoms with Crippen LogP contribution in [0.15, 0.2) is 30.3 Å². The zero-order valence-electron chi connectivity index (χ0n) is 10.4. The fourth-order valence-electron chi connectivity index (χ4n) is 1.46. The van der Waals surface area contributed by atoms with E-state index in [1.54, 1.807) is 7.11 Å². The third-order valence-electron chi connectivity index (χ3n) is 2.68. The molecule has 2 atom stereocenters. The minimum atomic E-state index is -0.354. The molecular weight excluding hydrogens is 214 g/mol. The highest BCUT2D eigenvalue weighted by atomic mass is 16.5. The lowest BCUT2D eigenvalue weighted by Crippen LogP contribution is -2.14. The van der Waals surface area contributed by atoms with Crippen LogP contribution in [0.5, 0.6) is 0 Å². The van der Waals surface area contributed by atoms with Crippen LogP contribution in [0.2, 0.25) is 0 Å². The average Bonchev–Trinajstić information content (AvgIpc) is 2.39. The van der Waals surface area contributed by atoms with E-state index in [4.69, 9.17) is 14.7 Å². The van der Waals surface area contributed by atoms with Crippen molar-refractivity contribution in [2.24, 2.45) is 0 Å². The first-order valence-electron chi connectivity index (χ1n) is 5.84. The van der Waals surface area contributed by atoms with Crippen LogP contribution >= 0.6 is 0 Å². The van der Waals surface area contributed by atoms with Crippen molar-refractivity contribution in [3.8, 4) is 6.07 Å². The Balaban J connectivity index is 2.31. The molecule has 0 aliphatic rings. The predicted molar refractivity (Wildman–Crippen MR) is 66.3 cm³/mol. The molecule has 0 saturated heterocycles. The Labute approximate surface area is 103 Å². The van der Waals surface area contributed by atoms with Gasteiger partial charge in [-0.2, -0.15) is 5.26 Å². The van der Waals surface area contributed by atoms with E-state index in [0.29, 0.717) is 13.0 Å². The smallest absolute Gasteiger partial charge is 0.144 e. The summed E-state index contributed by atoms with van der Waals surface area (Å²) in [7, 11) is 1.68. The highest BCUT2D eigenvalue weighted by Gasteiger charge is 2.10. The monoisotopic (exact) mass is 233 g/mol. The number of hydrogen-bond acceptors (Lipinski definition) is 3. The van der Waals surface area contributed by atoms with E-state index < -0.39 is 0 Å². The van der Waals surface area contributed by atoms with Crippen molar-refractivity contribution in [1.29, 1.82) is 5.26 Å². The highest BCUT2D eigenvalue weighted by molar-refractivity contribution is 5.13. The van der Waals surface area contributed by atoms with Crippen molar-refractivity contribution >= 4 is 0 Å². The van der Waals surface area contributed by atoms with Crippen LogP contribution in [0.4, 0.5) is 0 Å². The minimum absolute atomic E-state index is 0.172. The van der Waals surface area contributed by atoms with Gasteiger partial charge in [0.25, 0.3) is 0 Å². The standard InChI is InChI=1S/C14H19NO2/c1-12(16-2)8-9-14(10-15)17-11-13-6-4-3-5-7-13/h3-7,12,14H,8-9,11H2,1-2H3/t12-,14+/m1/s1. The molecule has 0 aliphatic carbocycles. The lowest BCUT2D eigenvalue weighted by molar-refractivity contribution is 0.0496. The Bertz CT molecular complexity index is 345. The van der Waals surface area contributed by atoms with E-state index >= 15 is 0 Å². The van der Waals surface area contributed by atoms with Crippen LogP contribution in [0.3, 0.4) is 0 Å². The summed E-state index contributed by atoms with van der Waals surface area (Å²) in [5, 5.41) is 8.97. The van der Waals surface area contributed by atoms with Gasteiger partial charge in [-0.15, -0.1) is 0 Å². The summed E-state index contributed by atoms with van der Waals surface area (Å²) in [6.45, 7) is 2.48. The lowest BCUT2D eigenvalue weighted by Gasteiger charge is -2.13. The van der Waals surface area contributed by atoms with Crippen molar-refractivity contribution in [3.63, 3.8) is 0 Å². The maximum absolute atomic E-state index is 8.97. The Morgan fingerprint density at radius 1 is 1.24 bits per heavy atom. The molecule has 0 radical (unpaired) electrons. The zero-order chi connectivity index (χ0) is 12.5. The molecule has 17 heavy (non-hydrogen) atoms. The molecule has 0 bridgehead atoms. The van der Waals surface area contributed by atoms with Gasteiger partial charge in [0.1, 0.15) is 6.10 Å². The second-order valence-corrected chi connectivity index (χ2v) is 4.04. The maximum atomic E-state index is 8.97. The number of rotatable bonds is 7. The fourth-order valence-corrected chi connectivity index (χ4v) is 1.46. The molecule has 3 nitrogen and oxygen atoms in total. The zero-order valence-corrected chi connectivity index (χ0v) is 10.4. The first-order valence-corrected chi connectivity index (χ1v) is 5.84. The SMILES string of the molecule is CO[C@H](C)CC[C@@H](C#N)OCc1ccccc1. The van der Waals surface area contributed by atoms with Gasteiger partial charge >= 0.3 is 0 Å².